The zero-order chi connectivity index (χ0) is 20.3. The summed E-state index contributed by atoms with van der Waals surface area (Å²) in [6.45, 7) is 0. The van der Waals surface area contributed by atoms with Gasteiger partial charge in [-0.25, -0.2) is 0 Å². The van der Waals surface area contributed by atoms with Crippen LogP contribution in [0.25, 0.3) is 16.6 Å². The Morgan fingerprint density at radius 3 is 2.30 bits per heavy atom. The minimum absolute atomic E-state index is 0.0155. The van der Waals surface area contributed by atoms with E-state index in [2.05, 4.69) is 28.1 Å². The standard InChI is InChI=1S/C26H25N3O/c30-25-17-26(28-20-12-6-2-7-13-20)29(21-14-8-3-9-15-21)24-16-23(27-18-22(24)25)19-10-4-1-5-11-19/h2-3,6-9,12-19,28H,1,4-5,10-11H2. The molecule has 0 amide bonds. The summed E-state index contributed by atoms with van der Waals surface area (Å²) in [7, 11) is 0. The van der Waals surface area contributed by atoms with Gasteiger partial charge in [-0.15, -0.1) is 0 Å². The quantitative estimate of drug-likeness (QED) is 0.449. The third-order valence-electron chi connectivity index (χ3n) is 6.00. The van der Waals surface area contributed by atoms with E-state index in [1.807, 2.05) is 48.5 Å². The molecule has 150 valence electrons. The molecule has 1 saturated carbocycles. The largest absolute Gasteiger partial charge is 0.341 e. The number of hydrogen-bond donors (Lipinski definition) is 1. The molecule has 5 rings (SSSR count). The van der Waals surface area contributed by atoms with Crippen molar-refractivity contribution >= 4 is 22.4 Å². The average Bonchev–Trinajstić information content (AvgIpc) is 2.81. The lowest BCUT2D eigenvalue weighted by Gasteiger charge is -2.23. The van der Waals surface area contributed by atoms with E-state index in [0.29, 0.717) is 11.3 Å². The molecule has 0 radical (unpaired) electrons. The van der Waals surface area contributed by atoms with Crippen molar-refractivity contribution in [1.82, 2.24) is 9.55 Å². The van der Waals surface area contributed by atoms with Gasteiger partial charge in [0, 0.05) is 35.2 Å². The highest BCUT2D eigenvalue weighted by Gasteiger charge is 2.19. The molecule has 1 aliphatic carbocycles. The second kappa shape index (κ2) is 8.15. The molecule has 0 saturated heterocycles. The Labute approximate surface area is 176 Å². The maximum Gasteiger partial charge on any atom is 0.193 e. The molecule has 4 heteroatoms. The Morgan fingerprint density at radius 2 is 1.57 bits per heavy atom. The molecule has 4 nitrogen and oxygen atoms in total. The van der Waals surface area contributed by atoms with Crippen molar-refractivity contribution in [1.29, 1.82) is 0 Å². The van der Waals surface area contributed by atoms with Gasteiger partial charge in [-0.1, -0.05) is 55.7 Å². The molecular formula is C26H25N3O. The number of nitrogens with zero attached hydrogens (tertiary/aromatic N) is 2. The summed E-state index contributed by atoms with van der Waals surface area (Å²) in [4.78, 5) is 17.7. The van der Waals surface area contributed by atoms with Crippen molar-refractivity contribution in [3.05, 3.63) is 94.9 Å². The minimum Gasteiger partial charge on any atom is -0.341 e. The van der Waals surface area contributed by atoms with Crippen LogP contribution in [-0.4, -0.2) is 9.55 Å². The van der Waals surface area contributed by atoms with Gasteiger partial charge in [-0.3, -0.25) is 14.3 Å². The number of fused-ring (bicyclic) bond motifs is 1. The normalized spacial score (nSPS) is 14.7. The van der Waals surface area contributed by atoms with Crippen LogP contribution >= 0.6 is 0 Å². The van der Waals surface area contributed by atoms with Gasteiger partial charge in [-0.05, 0) is 43.2 Å². The van der Waals surface area contributed by atoms with E-state index < -0.39 is 0 Å². The van der Waals surface area contributed by atoms with Crippen molar-refractivity contribution in [3.8, 4) is 5.69 Å². The summed E-state index contributed by atoms with van der Waals surface area (Å²) >= 11 is 0. The number of hydrogen-bond acceptors (Lipinski definition) is 3. The minimum atomic E-state index is -0.0155. The van der Waals surface area contributed by atoms with Crippen LogP contribution in [0.5, 0.6) is 0 Å². The van der Waals surface area contributed by atoms with E-state index in [0.717, 1.165) is 28.4 Å². The van der Waals surface area contributed by atoms with Crippen molar-refractivity contribution in [2.24, 2.45) is 0 Å². The molecule has 0 spiro atoms. The van der Waals surface area contributed by atoms with Crippen LogP contribution in [0.15, 0.2) is 83.8 Å². The van der Waals surface area contributed by atoms with Crippen LogP contribution in [0.2, 0.25) is 0 Å². The van der Waals surface area contributed by atoms with Crippen molar-refractivity contribution < 1.29 is 0 Å². The van der Waals surface area contributed by atoms with Gasteiger partial charge >= 0.3 is 0 Å². The maximum absolute atomic E-state index is 13.0. The number of pyridine rings is 2. The van der Waals surface area contributed by atoms with E-state index in [9.17, 15) is 4.79 Å². The van der Waals surface area contributed by atoms with Crippen LogP contribution in [0, 0.1) is 0 Å². The van der Waals surface area contributed by atoms with Gasteiger partial charge < -0.3 is 5.32 Å². The first kappa shape index (κ1) is 18.6. The fourth-order valence-electron chi connectivity index (χ4n) is 4.47. The molecular weight excluding hydrogens is 370 g/mol. The molecule has 0 aliphatic heterocycles. The Hall–Kier alpha value is -3.40. The monoisotopic (exact) mass is 395 g/mol. The van der Waals surface area contributed by atoms with Crippen molar-refractivity contribution in [2.45, 2.75) is 38.0 Å². The molecule has 1 N–H and O–H groups in total. The Kier molecular flexibility index (Phi) is 5.06. The molecule has 30 heavy (non-hydrogen) atoms. The molecule has 1 fully saturated rings. The van der Waals surface area contributed by atoms with Gasteiger partial charge in [0.1, 0.15) is 5.82 Å². The van der Waals surface area contributed by atoms with Gasteiger partial charge in [0.2, 0.25) is 0 Å². The maximum atomic E-state index is 13.0. The average molecular weight is 396 g/mol. The predicted molar refractivity (Wildman–Crippen MR) is 123 cm³/mol. The van der Waals surface area contributed by atoms with Crippen LogP contribution in [0.3, 0.4) is 0 Å². The molecule has 2 heterocycles. The zero-order valence-corrected chi connectivity index (χ0v) is 16.9. The topological polar surface area (TPSA) is 46.9 Å². The van der Waals surface area contributed by atoms with Crippen LogP contribution < -0.4 is 10.7 Å². The summed E-state index contributed by atoms with van der Waals surface area (Å²) in [5.41, 5.74) is 3.95. The lowest BCUT2D eigenvalue weighted by molar-refractivity contribution is 0.437. The fraction of sp³-hybridized carbons (Fsp3) is 0.231. The van der Waals surface area contributed by atoms with Gasteiger partial charge in [-0.2, -0.15) is 0 Å². The molecule has 0 unspecified atom stereocenters. The van der Waals surface area contributed by atoms with Crippen LogP contribution in [0.4, 0.5) is 11.5 Å². The van der Waals surface area contributed by atoms with E-state index in [1.54, 1.807) is 12.3 Å². The first-order valence-corrected chi connectivity index (χ1v) is 10.7. The second-order valence-electron chi connectivity index (χ2n) is 8.02. The molecule has 2 aromatic carbocycles. The van der Waals surface area contributed by atoms with Gasteiger partial charge in [0.05, 0.1) is 10.9 Å². The molecule has 1 aliphatic rings. The van der Waals surface area contributed by atoms with E-state index in [-0.39, 0.29) is 5.43 Å². The first-order valence-electron chi connectivity index (χ1n) is 10.7. The highest BCUT2D eigenvalue weighted by atomic mass is 16.1. The number of anilines is 2. The number of aromatic nitrogens is 2. The number of benzene rings is 2. The van der Waals surface area contributed by atoms with E-state index in [4.69, 9.17) is 4.98 Å². The Balaban J connectivity index is 1.73. The molecule has 0 bridgehead atoms. The van der Waals surface area contributed by atoms with Gasteiger partial charge in [0.15, 0.2) is 5.43 Å². The number of rotatable bonds is 4. The van der Waals surface area contributed by atoms with Crippen molar-refractivity contribution in [2.75, 3.05) is 5.32 Å². The predicted octanol–water partition coefficient (Wildman–Crippen LogP) is 6.18. The summed E-state index contributed by atoms with van der Waals surface area (Å²) < 4.78 is 2.14. The van der Waals surface area contributed by atoms with Crippen molar-refractivity contribution in [3.63, 3.8) is 0 Å². The first-order chi connectivity index (χ1) is 14.8. The summed E-state index contributed by atoms with van der Waals surface area (Å²) in [5.74, 6) is 1.24. The zero-order valence-electron chi connectivity index (χ0n) is 16.9. The second-order valence-corrected chi connectivity index (χ2v) is 8.02. The lowest BCUT2D eigenvalue weighted by atomic mass is 9.86. The SMILES string of the molecule is O=c1cc(Nc2ccccc2)n(-c2ccccc2)c2cc(C3CCCCC3)ncc12. The van der Waals surface area contributed by atoms with Crippen LogP contribution in [0.1, 0.15) is 43.7 Å². The molecule has 4 aromatic rings. The fourth-order valence-corrected chi connectivity index (χ4v) is 4.47. The number of para-hydroxylation sites is 2. The Bertz CT molecular complexity index is 1210. The third-order valence-corrected chi connectivity index (χ3v) is 6.00. The Morgan fingerprint density at radius 1 is 0.867 bits per heavy atom. The summed E-state index contributed by atoms with van der Waals surface area (Å²) in [6, 6.07) is 24.0. The number of nitrogens with one attached hydrogen (secondary N) is 1. The third kappa shape index (κ3) is 3.61. The molecule has 2 aromatic heterocycles. The lowest BCUT2D eigenvalue weighted by Crippen LogP contribution is -2.14. The molecule has 0 atom stereocenters. The van der Waals surface area contributed by atoms with Gasteiger partial charge in [0.25, 0.3) is 0 Å². The van der Waals surface area contributed by atoms with E-state index >= 15 is 0 Å². The van der Waals surface area contributed by atoms with E-state index in [1.165, 1.54) is 32.1 Å². The summed E-state index contributed by atoms with van der Waals surface area (Å²) in [5, 5.41) is 4.10. The highest BCUT2D eigenvalue weighted by molar-refractivity contribution is 5.83. The highest BCUT2D eigenvalue weighted by Crippen LogP contribution is 2.33. The summed E-state index contributed by atoms with van der Waals surface area (Å²) in [6.07, 6.45) is 7.94. The van der Waals surface area contributed by atoms with Crippen LogP contribution in [-0.2, 0) is 0 Å². The smallest absolute Gasteiger partial charge is 0.193 e.